The van der Waals surface area contributed by atoms with E-state index in [2.05, 4.69) is 61.3 Å². The summed E-state index contributed by atoms with van der Waals surface area (Å²) in [4.78, 5) is 17.2. The number of fused-ring (bicyclic) bond motifs is 1. The molecule has 2 aliphatic rings. The summed E-state index contributed by atoms with van der Waals surface area (Å²) < 4.78 is 0. The lowest BCUT2D eigenvalue weighted by Gasteiger charge is -2.37. The smallest absolute Gasteiger partial charge is 0.172 e. The zero-order valence-corrected chi connectivity index (χ0v) is 18.6. The van der Waals surface area contributed by atoms with Crippen LogP contribution < -0.4 is 14.7 Å². The molecule has 0 saturated carbocycles. The van der Waals surface area contributed by atoms with Crippen LogP contribution in [0.2, 0.25) is 0 Å². The van der Waals surface area contributed by atoms with E-state index in [1.165, 1.54) is 12.8 Å². The quantitative estimate of drug-likeness (QED) is 0.478. The molecule has 166 valence electrons. The maximum atomic E-state index is 5.06. The SMILES string of the molecule is c1ccc(-c2ccc(N3CCN(c4nc5ccccc5nc4N4CCCC4)CC3)nn2)cc1. The van der Waals surface area contributed by atoms with Gasteiger partial charge in [-0.05, 0) is 37.1 Å². The molecule has 6 rings (SSSR count). The van der Waals surface area contributed by atoms with E-state index in [1.807, 2.05) is 30.3 Å². The van der Waals surface area contributed by atoms with Gasteiger partial charge < -0.3 is 14.7 Å². The highest BCUT2D eigenvalue weighted by Crippen LogP contribution is 2.31. The minimum Gasteiger partial charge on any atom is -0.354 e. The first-order chi connectivity index (χ1) is 16.3. The van der Waals surface area contributed by atoms with Gasteiger partial charge in [-0.3, -0.25) is 0 Å². The van der Waals surface area contributed by atoms with Crippen molar-refractivity contribution in [2.24, 2.45) is 0 Å². The van der Waals surface area contributed by atoms with Crippen molar-refractivity contribution in [2.75, 3.05) is 54.0 Å². The lowest BCUT2D eigenvalue weighted by Crippen LogP contribution is -2.47. The number of hydrogen-bond donors (Lipinski definition) is 0. The molecule has 0 spiro atoms. The van der Waals surface area contributed by atoms with E-state index in [-0.39, 0.29) is 0 Å². The Morgan fingerprint density at radius 3 is 1.70 bits per heavy atom. The first-order valence-corrected chi connectivity index (χ1v) is 11.8. The van der Waals surface area contributed by atoms with Crippen molar-refractivity contribution in [3.8, 4) is 11.3 Å². The monoisotopic (exact) mass is 437 g/mol. The van der Waals surface area contributed by atoms with Gasteiger partial charge in [0.05, 0.1) is 16.7 Å². The van der Waals surface area contributed by atoms with Crippen LogP contribution in [0, 0.1) is 0 Å². The fraction of sp³-hybridized carbons (Fsp3) is 0.308. The Morgan fingerprint density at radius 1 is 0.515 bits per heavy atom. The van der Waals surface area contributed by atoms with Crippen LogP contribution >= 0.6 is 0 Å². The second-order valence-electron chi connectivity index (χ2n) is 8.67. The molecule has 4 aromatic rings. The van der Waals surface area contributed by atoms with Crippen molar-refractivity contribution in [3.05, 3.63) is 66.7 Å². The summed E-state index contributed by atoms with van der Waals surface area (Å²) in [6.07, 6.45) is 2.44. The molecule has 7 heteroatoms. The third-order valence-electron chi connectivity index (χ3n) is 6.56. The van der Waals surface area contributed by atoms with Gasteiger partial charge in [0.2, 0.25) is 0 Å². The largest absolute Gasteiger partial charge is 0.354 e. The first kappa shape index (κ1) is 19.9. The van der Waals surface area contributed by atoms with E-state index in [0.29, 0.717) is 0 Å². The molecular weight excluding hydrogens is 410 g/mol. The van der Waals surface area contributed by atoms with Crippen molar-refractivity contribution in [2.45, 2.75) is 12.8 Å². The Labute approximate surface area is 193 Å². The second-order valence-corrected chi connectivity index (χ2v) is 8.67. The average Bonchev–Trinajstić information content (AvgIpc) is 3.44. The summed E-state index contributed by atoms with van der Waals surface area (Å²) >= 11 is 0. The predicted octanol–water partition coefficient (Wildman–Crippen LogP) is 4.01. The average molecular weight is 438 g/mol. The number of anilines is 3. The molecule has 0 amide bonds. The zero-order chi connectivity index (χ0) is 22.0. The van der Waals surface area contributed by atoms with E-state index in [9.17, 15) is 0 Å². The van der Waals surface area contributed by atoms with Crippen molar-refractivity contribution in [3.63, 3.8) is 0 Å². The second kappa shape index (κ2) is 8.65. The van der Waals surface area contributed by atoms with Crippen LogP contribution in [-0.4, -0.2) is 59.4 Å². The van der Waals surface area contributed by atoms with E-state index < -0.39 is 0 Å². The normalized spacial score (nSPS) is 16.5. The third kappa shape index (κ3) is 3.95. The fourth-order valence-electron chi connectivity index (χ4n) is 4.74. The molecule has 0 unspecified atom stereocenters. The Morgan fingerprint density at radius 2 is 1.09 bits per heavy atom. The van der Waals surface area contributed by atoms with Crippen molar-refractivity contribution < 1.29 is 0 Å². The van der Waals surface area contributed by atoms with Gasteiger partial charge in [-0.2, -0.15) is 0 Å². The Hall–Kier alpha value is -3.74. The van der Waals surface area contributed by atoms with Crippen LogP contribution in [-0.2, 0) is 0 Å². The number of hydrogen-bond acceptors (Lipinski definition) is 7. The molecule has 2 fully saturated rings. The summed E-state index contributed by atoms with van der Waals surface area (Å²) in [5, 5.41) is 8.99. The molecule has 0 N–H and O–H groups in total. The standard InChI is InChI=1S/C26H27N7/c1-2-8-20(9-3-1)21-12-13-24(30-29-21)31-16-18-33(19-17-31)26-25(32-14-6-7-15-32)27-22-10-4-5-11-23(22)28-26/h1-5,8-13H,6-7,14-19H2. The molecule has 0 aliphatic carbocycles. The lowest BCUT2D eigenvalue weighted by atomic mass is 10.1. The van der Waals surface area contributed by atoms with Crippen molar-refractivity contribution >= 4 is 28.5 Å². The number of nitrogens with zero attached hydrogens (tertiary/aromatic N) is 7. The van der Waals surface area contributed by atoms with Crippen LogP contribution in [0.25, 0.3) is 22.3 Å². The molecule has 4 heterocycles. The van der Waals surface area contributed by atoms with Gasteiger partial charge in [0.1, 0.15) is 0 Å². The number of para-hydroxylation sites is 2. The molecule has 0 atom stereocenters. The molecule has 7 nitrogen and oxygen atoms in total. The zero-order valence-electron chi connectivity index (χ0n) is 18.6. The van der Waals surface area contributed by atoms with E-state index in [1.54, 1.807) is 0 Å². The summed E-state index contributed by atoms with van der Waals surface area (Å²) in [7, 11) is 0. The molecule has 2 aromatic heterocycles. The minimum absolute atomic E-state index is 0.882. The van der Waals surface area contributed by atoms with E-state index in [0.717, 1.165) is 79.0 Å². The molecule has 2 aromatic carbocycles. The molecule has 2 saturated heterocycles. The van der Waals surface area contributed by atoms with Crippen LogP contribution in [0.5, 0.6) is 0 Å². The highest BCUT2D eigenvalue weighted by atomic mass is 15.4. The molecule has 0 bridgehead atoms. The number of piperazine rings is 1. The Kier molecular flexibility index (Phi) is 5.22. The maximum absolute atomic E-state index is 5.06. The lowest BCUT2D eigenvalue weighted by molar-refractivity contribution is 0.637. The maximum Gasteiger partial charge on any atom is 0.172 e. The number of rotatable bonds is 4. The van der Waals surface area contributed by atoms with Gasteiger partial charge >= 0.3 is 0 Å². The van der Waals surface area contributed by atoms with Gasteiger partial charge in [0, 0.05) is 44.8 Å². The van der Waals surface area contributed by atoms with Crippen molar-refractivity contribution in [1.29, 1.82) is 0 Å². The molecular formula is C26H27N7. The van der Waals surface area contributed by atoms with Gasteiger partial charge in [-0.15, -0.1) is 10.2 Å². The van der Waals surface area contributed by atoms with Gasteiger partial charge in [-0.25, -0.2) is 9.97 Å². The summed E-state index contributed by atoms with van der Waals surface area (Å²) in [6.45, 7) is 5.65. The minimum atomic E-state index is 0.882. The number of benzene rings is 2. The molecule has 33 heavy (non-hydrogen) atoms. The van der Waals surface area contributed by atoms with Crippen LogP contribution in [0.3, 0.4) is 0 Å². The Bertz CT molecular complexity index is 1230. The van der Waals surface area contributed by atoms with E-state index >= 15 is 0 Å². The Balaban J connectivity index is 1.21. The first-order valence-electron chi connectivity index (χ1n) is 11.8. The van der Waals surface area contributed by atoms with Gasteiger partial charge in [0.25, 0.3) is 0 Å². The molecule has 2 aliphatic heterocycles. The topological polar surface area (TPSA) is 61.3 Å². The van der Waals surface area contributed by atoms with Crippen LogP contribution in [0.1, 0.15) is 12.8 Å². The summed E-state index contributed by atoms with van der Waals surface area (Å²) in [5.41, 5.74) is 3.92. The fourth-order valence-corrected chi connectivity index (χ4v) is 4.74. The predicted molar refractivity (Wildman–Crippen MR) is 133 cm³/mol. The van der Waals surface area contributed by atoms with E-state index in [4.69, 9.17) is 9.97 Å². The summed E-state index contributed by atoms with van der Waals surface area (Å²) in [6, 6.07) is 22.5. The highest BCUT2D eigenvalue weighted by molar-refractivity contribution is 5.81. The molecule has 0 radical (unpaired) electrons. The summed E-state index contributed by atoms with van der Waals surface area (Å²) in [5.74, 6) is 2.98. The third-order valence-corrected chi connectivity index (χ3v) is 6.56. The van der Waals surface area contributed by atoms with Crippen LogP contribution in [0.4, 0.5) is 17.5 Å². The van der Waals surface area contributed by atoms with Crippen molar-refractivity contribution in [1.82, 2.24) is 20.2 Å². The highest BCUT2D eigenvalue weighted by Gasteiger charge is 2.26. The van der Waals surface area contributed by atoms with Crippen LogP contribution in [0.15, 0.2) is 66.7 Å². The van der Waals surface area contributed by atoms with Gasteiger partial charge in [0.15, 0.2) is 17.5 Å². The van der Waals surface area contributed by atoms with Gasteiger partial charge in [-0.1, -0.05) is 42.5 Å². The number of aromatic nitrogens is 4.